The predicted molar refractivity (Wildman–Crippen MR) is 89.0 cm³/mol. The lowest BCUT2D eigenvalue weighted by Gasteiger charge is -2.27. The van der Waals surface area contributed by atoms with Gasteiger partial charge in [0, 0.05) is 32.5 Å². The summed E-state index contributed by atoms with van der Waals surface area (Å²) in [7, 11) is 1.83. The molecule has 0 spiro atoms. The Morgan fingerprint density at radius 3 is 2.80 bits per heavy atom. The van der Waals surface area contributed by atoms with E-state index in [4.69, 9.17) is 0 Å². The quantitative estimate of drug-likeness (QED) is 0.811. The molecule has 1 atom stereocenters. The first-order valence-corrected chi connectivity index (χ1v) is 8.04. The highest BCUT2D eigenvalue weighted by Crippen LogP contribution is 2.20. The minimum atomic E-state index is -0.494. The van der Waals surface area contributed by atoms with Gasteiger partial charge in [0.15, 0.2) is 0 Å². The molecule has 25 heavy (non-hydrogen) atoms. The largest absolute Gasteiger partial charge is 0.354 e. The minimum Gasteiger partial charge on any atom is -0.354 e. The molecular formula is C17H20FN5O2. The van der Waals surface area contributed by atoms with Crippen LogP contribution < -0.4 is 10.6 Å². The number of carbonyl (C=O) groups is 2. The molecule has 8 heteroatoms. The molecule has 2 heterocycles. The van der Waals surface area contributed by atoms with Crippen LogP contribution in [0.3, 0.4) is 0 Å². The van der Waals surface area contributed by atoms with Gasteiger partial charge >= 0.3 is 0 Å². The molecule has 2 N–H and O–H groups in total. The summed E-state index contributed by atoms with van der Waals surface area (Å²) in [6.07, 6.45) is 3.43. The number of aryl methyl sites for hydroxylation is 1. The lowest BCUT2D eigenvalue weighted by molar-refractivity contribution is -0.127. The zero-order chi connectivity index (χ0) is 17.8. The third-order valence-electron chi connectivity index (χ3n) is 4.11. The van der Waals surface area contributed by atoms with Crippen LogP contribution in [0.2, 0.25) is 0 Å². The Morgan fingerprint density at radius 1 is 1.40 bits per heavy atom. The molecule has 7 nitrogen and oxygen atoms in total. The second-order valence-electron chi connectivity index (χ2n) is 6.01. The van der Waals surface area contributed by atoms with Gasteiger partial charge in [-0.3, -0.25) is 14.5 Å². The Bertz CT molecular complexity index is 759. The SMILES string of the molecule is Cn1ccnc1[C@@H](NC(=O)CN1CCNC(=O)C1)c1ccc(F)cc1. The fourth-order valence-electron chi connectivity index (χ4n) is 2.84. The molecule has 1 saturated heterocycles. The van der Waals surface area contributed by atoms with E-state index in [9.17, 15) is 14.0 Å². The standard InChI is InChI=1S/C17H20FN5O2/c1-22-8-6-20-17(22)16(12-2-4-13(18)5-3-12)21-15(25)11-23-9-7-19-14(24)10-23/h2-6,8,16H,7,9-11H2,1H3,(H,19,24)(H,21,25)/t16-/m0/s1. The van der Waals surface area contributed by atoms with Crippen molar-refractivity contribution in [3.8, 4) is 0 Å². The highest BCUT2D eigenvalue weighted by Gasteiger charge is 2.23. The van der Waals surface area contributed by atoms with Gasteiger partial charge in [-0.25, -0.2) is 9.37 Å². The Kier molecular flexibility index (Phi) is 5.08. The van der Waals surface area contributed by atoms with Gasteiger partial charge in [-0.05, 0) is 17.7 Å². The molecule has 1 aromatic carbocycles. The summed E-state index contributed by atoms with van der Waals surface area (Å²) in [4.78, 5) is 30.0. The minimum absolute atomic E-state index is 0.0850. The fourth-order valence-corrected chi connectivity index (χ4v) is 2.84. The number of hydrogen-bond donors (Lipinski definition) is 2. The van der Waals surface area contributed by atoms with Gasteiger partial charge in [0.1, 0.15) is 17.7 Å². The smallest absolute Gasteiger partial charge is 0.235 e. The molecule has 1 fully saturated rings. The van der Waals surface area contributed by atoms with Gasteiger partial charge < -0.3 is 15.2 Å². The van der Waals surface area contributed by atoms with E-state index in [1.807, 2.05) is 11.6 Å². The van der Waals surface area contributed by atoms with Crippen LogP contribution in [0.1, 0.15) is 17.4 Å². The average Bonchev–Trinajstić information content (AvgIpc) is 2.99. The van der Waals surface area contributed by atoms with Gasteiger partial charge in [0.2, 0.25) is 11.8 Å². The second-order valence-corrected chi connectivity index (χ2v) is 6.01. The van der Waals surface area contributed by atoms with Crippen LogP contribution in [-0.4, -0.2) is 52.4 Å². The van der Waals surface area contributed by atoms with Crippen molar-refractivity contribution in [2.45, 2.75) is 6.04 Å². The van der Waals surface area contributed by atoms with E-state index in [0.29, 0.717) is 18.9 Å². The number of carbonyl (C=O) groups excluding carboxylic acids is 2. The van der Waals surface area contributed by atoms with Crippen molar-refractivity contribution >= 4 is 11.8 Å². The van der Waals surface area contributed by atoms with Crippen molar-refractivity contribution in [2.24, 2.45) is 7.05 Å². The first kappa shape index (κ1) is 17.1. The highest BCUT2D eigenvalue weighted by atomic mass is 19.1. The lowest BCUT2D eigenvalue weighted by atomic mass is 10.1. The summed E-state index contributed by atoms with van der Waals surface area (Å²) >= 11 is 0. The van der Waals surface area contributed by atoms with Crippen molar-refractivity contribution in [1.82, 2.24) is 25.1 Å². The molecule has 1 aliphatic rings. The summed E-state index contributed by atoms with van der Waals surface area (Å²) in [5, 5.41) is 5.67. The van der Waals surface area contributed by atoms with Crippen LogP contribution in [0.15, 0.2) is 36.7 Å². The fraction of sp³-hybridized carbons (Fsp3) is 0.353. The summed E-state index contributed by atoms with van der Waals surface area (Å²) < 4.78 is 15.0. The van der Waals surface area contributed by atoms with Crippen molar-refractivity contribution < 1.29 is 14.0 Å². The molecule has 0 aliphatic carbocycles. The summed E-state index contributed by atoms with van der Waals surface area (Å²) in [5.74, 6) is 0.00889. The van der Waals surface area contributed by atoms with Gasteiger partial charge in [0.25, 0.3) is 0 Å². The summed E-state index contributed by atoms with van der Waals surface area (Å²) in [6, 6.07) is 5.47. The normalized spacial score (nSPS) is 16.3. The average molecular weight is 345 g/mol. The van der Waals surface area contributed by atoms with Gasteiger partial charge in [0.05, 0.1) is 13.1 Å². The van der Waals surface area contributed by atoms with E-state index in [-0.39, 0.29) is 30.7 Å². The van der Waals surface area contributed by atoms with E-state index in [2.05, 4.69) is 15.6 Å². The number of piperazine rings is 1. The Hall–Kier alpha value is -2.74. The van der Waals surface area contributed by atoms with E-state index < -0.39 is 6.04 Å². The predicted octanol–water partition coefficient (Wildman–Crippen LogP) is 0.197. The number of rotatable bonds is 5. The summed E-state index contributed by atoms with van der Waals surface area (Å²) in [5.41, 5.74) is 0.737. The lowest BCUT2D eigenvalue weighted by Crippen LogP contribution is -2.51. The maximum atomic E-state index is 13.2. The Balaban J connectivity index is 1.75. The molecule has 2 amide bonds. The van der Waals surface area contributed by atoms with E-state index in [0.717, 1.165) is 5.56 Å². The van der Waals surface area contributed by atoms with Crippen molar-refractivity contribution in [3.05, 3.63) is 53.9 Å². The maximum absolute atomic E-state index is 13.2. The second kappa shape index (κ2) is 7.43. The number of benzene rings is 1. The molecule has 0 unspecified atom stereocenters. The third-order valence-corrected chi connectivity index (χ3v) is 4.11. The van der Waals surface area contributed by atoms with Crippen LogP contribution in [0.4, 0.5) is 4.39 Å². The van der Waals surface area contributed by atoms with Gasteiger partial charge in [-0.15, -0.1) is 0 Å². The molecule has 0 bridgehead atoms. The van der Waals surface area contributed by atoms with Gasteiger partial charge in [-0.1, -0.05) is 12.1 Å². The Labute approximate surface area is 144 Å². The number of amides is 2. The molecular weight excluding hydrogens is 325 g/mol. The monoisotopic (exact) mass is 345 g/mol. The number of nitrogens with one attached hydrogen (secondary N) is 2. The van der Waals surface area contributed by atoms with Crippen molar-refractivity contribution in [2.75, 3.05) is 26.2 Å². The third kappa shape index (κ3) is 4.21. The first-order valence-electron chi connectivity index (χ1n) is 8.04. The number of nitrogens with zero attached hydrogens (tertiary/aromatic N) is 3. The zero-order valence-corrected chi connectivity index (χ0v) is 13.9. The zero-order valence-electron chi connectivity index (χ0n) is 13.9. The number of halogens is 1. The molecule has 3 rings (SSSR count). The Morgan fingerprint density at radius 2 is 2.16 bits per heavy atom. The molecule has 2 aromatic rings. The number of hydrogen-bond acceptors (Lipinski definition) is 4. The number of imidazole rings is 1. The first-order chi connectivity index (χ1) is 12.0. The molecule has 0 radical (unpaired) electrons. The number of aromatic nitrogens is 2. The molecule has 1 aromatic heterocycles. The van der Waals surface area contributed by atoms with E-state index >= 15 is 0 Å². The van der Waals surface area contributed by atoms with Gasteiger partial charge in [-0.2, -0.15) is 0 Å². The summed E-state index contributed by atoms with van der Waals surface area (Å²) in [6.45, 7) is 1.49. The van der Waals surface area contributed by atoms with Crippen LogP contribution in [0, 0.1) is 5.82 Å². The van der Waals surface area contributed by atoms with Crippen LogP contribution in [0.25, 0.3) is 0 Å². The molecule has 0 saturated carbocycles. The van der Waals surface area contributed by atoms with E-state index in [1.54, 1.807) is 29.4 Å². The topological polar surface area (TPSA) is 79.3 Å². The van der Waals surface area contributed by atoms with Crippen LogP contribution >= 0.6 is 0 Å². The molecule has 132 valence electrons. The highest BCUT2D eigenvalue weighted by molar-refractivity contribution is 5.82. The molecule has 1 aliphatic heterocycles. The van der Waals surface area contributed by atoms with Crippen LogP contribution in [0.5, 0.6) is 0 Å². The van der Waals surface area contributed by atoms with Crippen molar-refractivity contribution in [3.63, 3.8) is 0 Å². The van der Waals surface area contributed by atoms with Crippen molar-refractivity contribution in [1.29, 1.82) is 0 Å². The maximum Gasteiger partial charge on any atom is 0.235 e. The van der Waals surface area contributed by atoms with Crippen LogP contribution in [-0.2, 0) is 16.6 Å². The van der Waals surface area contributed by atoms with E-state index in [1.165, 1.54) is 12.1 Å².